The molecule has 1 aromatic rings. The van der Waals surface area contributed by atoms with E-state index in [-0.39, 0.29) is 11.3 Å². The number of nitrogens with one attached hydrogen (secondary N) is 2. The molecule has 0 aliphatic heterocycles. The molecule has 0 heterocycles. The summed E-state index contributed by atoms with van der Waals surface area (Å²) < 4.78 is 38.3. The predicted octanol–water partition coefficient (Wildman–Crippen LogP) is 0.334. The largest absolute Gasteiger partial charge is 0.398 e. The van der Waals surface area contributed by atoms with Crippen LogP contribution in [0.3, 0.4) is 0 Å². The van der Waals surface area contributed by atoms with E-state index in [4.69, 9.17) is 5.73 Å². The molecule has 0 aromatic heterocycles. The van der Waals surface area contributed by atoms with Crippen molar-refractivity contribution in [3.05, 3.63) is 23.5 Å². The first kappa shape index (κ1) is 13.2. The van der Waals surface area contributed by atoms with E-state index in [1.54, 1.807) is 4.72 Å². The number of urea groups is 1. The first-order chi connectivity index (χ1) is 7.77. The molecular formula is C9H12FN3O3S. The molecule has 0 bridgehead atoms. The molecule has 0 fully saturated rings. The number of sulfonamides is 1. The molecule has 0 unspecified atom stereocenters. The lowest BCUT2D eigenvalue weighted by molar-refractivity contribution is 0.248. The Kier molecular flexibility index (Phi) is 3.56. The molecule has 4 N–H and O–H groups in total. The molecule has 0 atom stereocenters. The molecule has 0 saturated heterocycles. The average Bonchev–Trinajstić information content (AvgIpc) is 2.24. The van der Waals surface area contributed by atoms with Crippen molar-refractivity contribution in [1.29, 1.82) is 0 Å². The Morgan fingerprint density at radius 2 is 2.00 bits per heavy atom. The number of amides is 2. The summed E-state index contributed by atoms with van der Waals surface area (Å²) >= 11 is 0. The van der Waals surface area contributed by atoms with Gasteiger partial charge in [0.2, 0.25) is 0 Å². The van der Waals surface area contributed by atoms with Crippen LogP contribution in [-0.2, 0) is 10.0 Å². The SMILES string of the molecule is CNC(=O)NS(=O)(=O)c1cc(N)c(C)c(F)c1. The zero-order valence-electron chi connectivity index (χ0n) is 9.24. The second kappa shape index (κ2) is 4.58. The summed E-state index contributed by atoms with van der Waals surface area (Å²) in [6.45, 7) is 1.42. The van der Waals surface area contributed by atoms with Crippen molar-refractivity contribution >= 4 is 21.7 Å². The van der Waals surface area contributed by atoms with Gasteiger partial charge in [-0.3, -0.25) is 0 Å². The van der Waals surface area contributed by atoms with E-state index in [1.165, 1.54) is 14.0 Å². The summed E-state index contributed by atoms with van der Waals surface area (Å²) in [5.41, 5.74) is 5.61. The Labute approximate surface area is 98.1 Å². The number of benzene rings is 1. The number of nitrogens with two attached hydrogens (primary N) is 1. The van der Waals surface area contributed by atoms with E-state index in [0.717, 1.165) is 12.1 Å². The molecule has 0 radical (unpaired) electrons. The molecule has 94 valence electrons. The van der Waals surface area contributed by atoms with Crippen LogP contribution in [0.2, 0.25) is 0 Å². The van der Waals surface area contributed by atoms with E-state index in [1.807, 2.05) is 0 Å². The minimum atomic E-state index is -4.12. The van der Waals surface area contributed by atoms with Crippen molar-refractivity contribution in [2.24, 2.45) is 0 Å². The molecule has 0 spiro atoms. The minimum Gasteiger partial charge on any atom is -0.398 e. The molecule has 8 heteroatoms. The van der Waals surface area contributed by atoms with Gasteiger partial charge in [0.1, 0.15) is 5.82 Å². The van der Waals surface area contributed by atoms with Crippen LogP contribution in [0, 0.1) is 12.7 Å². The van der Waals surface area contributed by atoms with Crippen LogP contribution in [0.1, 0.15) is 5.56 Å². The van der Waals surface area contributed by atoms with Crippen LogP contribution in [-0.4, -0.2) is 21.5 Å². The maximum atomic E-state index is 13.3. The van der Waals surface area contributed by atoms with Crippen molar-refractivity contribution < 1.29 is 17.6 Å². The summed E-state index contributed by atoms with van der Waals surface area (Å²) in [5, 5.41) is 2.08. The number of halogens is 1. The van der Waals surface area contributed by atoms with Crippen LogP contribution >= 0.6 is 0 Å². The van der Waals surface area contributed by atoms with Crippen molar-refractivity contribution in [3.8, 4) is 0 Å². The molecule has 17 heavy (non-hydrogen) atoms. The first-order valence-electron chi connectivity index (χ1n) is 4.58. The molecule has 0 aliphatic rings. The third kappa shape index (κ3) is 2.84. The zero-order chi connectivity index (χ0) is 13.2. The number of hydrogen-bond acceptors (Lipinski definition) is 4. The van der Waals surface area contributed by atoms with Crippen molar-refractivity contribution in [3.63, 3.8) is 0 Å². The van der Waals surface area contributed by atoms with Crippen LogP contribution in [0.5, 0.6) is 0 Å². The molecular weight excluding hydrogens is 249 g/mol. The smallest absolute Gasteiger partial charge is 0.328 e. The fourth-order valence-electron chi connectivity index (χ4n) is 1.06. The van der Waals surface area contributed by atoms with Gasteiger partial charge < -0.3 is 11.1 Å². The normalized spacial score (nSPS) is 11.0. The summed E-state index contributed by atoms with van der Waals surface area (Å²) in [4.78, 5) is 10.5. The average molecular weight is 261 g/mol. The van der Waals surface area contributed by atoms with Crippen LogP contribution in [0.15, 0.2) is 17.0 Å². The summed E-state index contributed by atoms with van der Waals surface area (Å²) in [7, 11) is -2.86. The Hall–Kier alpha value is -1.83. The highest BCUT2D eigenvalue weighted by Crippen LogP contribution is 2.20. The maximum absolute atomic E-state index is 13.3. The number of hydrogen-bond donors (Lipinski definition) is 3. The fraction of sp³-hybridized carbons (Fsp3) is 0.222. The van der Waals surface area contributed by atoms with Crippen LogP contribution in [0.25, 0.3) is 0 Å². The monoisotopic (exact) mass is 261 g/mol. The number of rotatable bonds is 2. The van der Waals surface area contributed by atoms with E-state index in [2.05, 4.69) is 5.32 Å². The summed E-state index contributed by atoms with van der Waals surface area (Å²) in [6.07, 6.45) is 0. The van der Waals surface area contributed by atoms with Gasteiger partial charge in [-0.05, 0) is 19.1 Å². The van der Waals surface area contributed by atoms with Gasteiger partial charge in [0.25, 0.3) is 10.0 Å². The molecule has 1 aromatic carbocycles. The zero-order valence-corrected chi connectivity index (χ0v) is 10.1. The van der Waals surface area contributed by atoms with Crippen LogP contribution < -0.4 is 15.8 Å². The third-order valence-corrected chi connectivity index (χ3v) is 3.43. The Balaban J connectivity index is 3.21. The number of carbonyl (C=O) groups excluding carboxylic acids is 1. The molecule has 0 aliphatic carbocycles. The molecule has 0 saturated carbocycles. The van der Waals surface area contributed by atoms with E-state index in [0.29, 0.717) is 0 Å². The number of nitrogen functional groups attached to an aromatic ring is 1. The third-order valence-electron chi connectivity index (χ3n) is 2.12. The number of anilines is 1. The molecule has 1 rings (SSSR count). The minimum absolute atomic E-state index is 0.00211. The van der Waals surface area contributed by atoms with E-state index < -0.39 is 26.8 Å². The highest BCUT2D eigenvalue weighted by Gasteiger charge is 2.19. The van der Waals surface area contributed by atoms with Gasteiger partial charge >= 0.3 is 6.03 Å². The van der Waals surface area contributed by atoms with Gasteiger partial charge in [-0.2, -0.15) is 0 Å². The van der Waals surface area contributed by atoms with Crippen molar-refractivity contribution in [2.45, 2.75) is 11.8 Å². The Morgan fingerprint density at radius 3 is 2.47 bits per heavy atom. The summed E-state index contributed by atoms with van der Waals surface area (Å²) in [5.74, 6) is -0.748. The van der Waals surface area contributed by atoms with Crippen molar-refractivity contribution in [1.82, 2.24) is 10.0 Å². The Bertz CT molecular complexity index is 534. The van der Waals surface area contributed by atoms with Gasteiger partial charge in [0.05, 0.1) is 4.90 Å². The second-order valence-electron chi connectivity index (χ2n) is 3.30. The van der Waals surface area contributed by atoms with E-state index in [9.17, 15) is 17.6 Å². The first-order valence-corrected chi connectivity index (χ1v) is 6.06. The lowest BCUT2D eigenvalue weighted by Gasteiger charge is -2.09. The molecule has 6 nitrogen and oxygen atoms in total. The summed E-state index contributed by atoms with van der Waals surface area (Å²) in [6, 6.07) is 0.977. The number of carbonyl (C=O) groups is 1. The Morgan fingerprint density at radius 1 is 1.41 bits per heavy atom. The van der Waals surface area contributed by atoms with Gasteiger partial charge in [-0.15, -0.1) is 0 Å². The van der Waals surface area contributed by atoms with Gasteiger partial charge in [-0.1, -0.05) is 0 Å². The second-order valence-corrected chi connectivity index (χ2v) is 4.99. The van der Waals surface area contributed by atoms with Gasteiger partial charge in [-0.25, -0.2) is 22.3 Å². The topological polar surface area (TPSA) is 101 Å². The molecule has 2 amide bonds. The van der Waals surface area contributed by atoms with Crippen LogP contribution in [0.4, 0.5) is 14.9 Å². The lowest BCUT2D eigenvalue weighted by Crippen LogP contribution is -2.37. The van der Waals surface area contributed by atoms with Crippen molar-refractivity contribution in [2.75, 3.05) is 12.8 Å². The maximum Gasteiger partial charge on any atom is 0.328 e. The fourth-order valence-corrected chi connectivity index (χ4v) is 2.07. The lowest BCUT2D eigenvalue weighted by atomic mass is 10.2. The standard InChI is InChI=1S/C9H12FN3O3S/c1-5-7(10)3-6(4-8(5)11)17(15,16)13-9(14)12-2/h3-4H,11H2,1-2H3,(H2,12,13,14). The quantitative estimate of drug-likeness (QED) is 0.668. The van der Waals surface area contributed by atoms with Gasteiger partial charge in [0.15, 0.2) is 0 Å². The highest BCUT2D eigenvalue weighted by molar-refractivity contribution is 7.90. The predicted molar refractivity (Wildman–Crippen MR) is 60.3 cm³/mol. The highest BCUT2D eigenvalue weighted by atomic mass is 32.2. The van der Waals surface area contributed by atoms with Gasteiger partial charge in [0, 0.05) is 18.3 Å². The van der Waals surface area contributed by atoms with E-state index >= 15 is 0 Å².